The average molecular weight is 321 g/mol. The summed E-state index contributed by atoms with van der Waals surface area (Å²) in [5.41, 5.74) is -0.0160. The van der Waals surface area contributed by atoms with Crippen LogP contribution in [-0.4, -0.2) is 42.1 Å². The van der Waals surface area contributed by atoms with Gasteiger partial charge in [-0.1, -0.05) is 0 Å². The second-order valence-corrected chi connectivity index (χ2v) is 6.33. The molecule has 1 saturated carbocycles. The average Bonchev–Trinajstić information content (AvgIpc) is 3.38. The number of halogens is 3. The van der Waals surface area contributed by atoms with Crippen molar-refractivity contribution >= 4 is 16.7 Å². The van der Waals surface area contributed by atoms with Crippen LogP contribution in [0.3, 0.4) is 0 Å². The van der Waals surface area contributed by atoms with E-state index in [4.69, 9.17) is 0 Å². The Morgan fingerprint density at radius 2 is 1.70 bits per heavy atom. The number of pyridine rings is 1. The van der Waals surface area contributed by atoms with Crippen LogP contribution in [0.15, 0.2) is 30.3 Å². The van der Waals surface area contributed by atoms with Crippen molar-refractivity contribution in [3.63, 3.8) is 0 Å². The Morgan fingerprint density at radius 3 is 2.35 bits per heavy atom. The first kappa shape index (κ1) is 14.8. The Morgan fingerprint density at radius 1 is 0.957 bits per heavy atom. The fourth-order valence-electron chi connectivity index (χ4n) is 3.22. The summed E-state index contributed by atoms with van der Waals surface area (Å²) >= 11 is 0. The van der Waals surface area contributed by atoms with E-state index >= 15 is 0 Å². The molecule has 3 nitrogen and oxygen atoms in total. The predicted molar refractivity (Wildman–Crippen MR) is 83.6 cm³/mol. The normalized spacial score (nSPS) is 20.2. The highest BCUT2D eigenvalue weighted by Crippen LogP contribution is 2.32. The molecular formula is C17H18F3N3. The van der Waals surface area contributed by atoms with Crippen molar-refractivity contribution in [1.29, 1.82) is 0 Å². The lowest BCUT2D eigenvalue weighted by Gasteiger charge is -2.35. The molecule has 0 atom stereocenters. The minimum Gasteiger partial charge on any atom is -0.354 e. The van der Waals surface area contributed by atoms with Crippen LogP contribution in [0, 0.1) is 0 Å². The Kier molecular flexibility index (Phi) is 3.44. The zero-order valence-electron chi connectivity index (χ0n) is 12.7. The second kappa shape index (κ2) is 5.37. The highest BCUT2D eigenvalue weighted by Gasteiger charge is 2.32. The monoisotopic (exact) mass is 321 g/mol. The molecule has 0 radical (unpaired) electrons. The molecule has 4 rings (SSSR count). The largest absolute Gasteiger partial charge is 0.416 e. The van der Waals surface area contributed by atoms with Gasteiger partial charge in [-0.15, -0.1) is 0 Å². The van der Waals surface area contributed by atoms with E-state index in [1.165, 1.54) is 18.9 Å². The van der Waals surface area contributed by atoms with E-state index in [-0.39, 0.29) is 0 Å². The van der Waals surface area contributed by atoms with Crippen molar-refractivity contribution in [1.82, 2.24) is 9.88 Å². The standard InChI is InChI=1S/C17H18F3N3/c18-17(19,20)13-2-5-15-12(11-13)1-6-16(21-15)23-9-7-22(8-10-23)14-3-4-14/h1-2,5-6,11,14H,3-4,7-10H2. The Hall–Kier alpha value is -1.82. The van der Waals surface area contributed by atoms with Crippen LogP contribution >= 0.6 is 0 Å². The molecule has 1 saturated heterocycles. The summed E-state index contributed by atoms with van der Waals surface area (Å²) in [5, 5.41) is 0.528. The van der Waals surface area contributed by atoms with Gasteiger partial charge in [-0.2, -0.15) is 13.2 Å². The van der Waals surface area contributed by atoms with Crippen LogP contribution in [0.5, 0.6) is 0 Å². The third-order valence-electron chi connectivity index (χ3n) is 4.70. The molecule has 1 aliphatic carbocycles. The smallest absolute Gasteiger partial charge is 0.354 e. The minimum atomic E-state index is -4.31. The van der Waals surface area contributed by atoms with Gasteiger partial charge in [-0.3, -0.25) is 4.90 Å². The number of nitrogens with zero attached hydrogens (tertiary/aromatic N) is 3. The first-order valence-electron chi connectivity index (χ1n) is 7.98. The molecule has 1 aromatic carbocycles. The maximum atomic E-state index is 12.8. The van der Waals surface area contributed by atoms with Gasteiger partial charge in [-0.25, -0.2) is 4.98 Å². The van der Waals surface area contributed by atoms with Gasteiger partial charge in [-0.05, 0) is 43.2 Å². The van der Waals surface area contributed by atoms with Gasteiger partial charge in [0.15, 0.2) is 0 Å². The molecule has 2 aliphatic rings. The molecule has 6 heteroatoms. The van der Waals surface area contributed by atoms with E-state index in [1.807, 2.05) is 6.07 Å². The molecule has 1 aliphatic heterocycles. The van der Waals surface area contributed by atoms with Crippen LogP contribution in [0.2, 0.25) is 0 Å². The topological polar surface area (TPSA) is 19.4 Å². The van der Waals surface area contributed by atoms with E-state index in [0.29, 0.717) is 10.9 Å². The highest BCUT2D eigenvalue weighted by atomic mass is 19.4. The molecule has 0 N–H and O–H groups in total. The van der Waals surface area contributed by atoms with Crippen LogP contribution in [-0.2, 0) is 6.18 Å². The van der Waals surface area contributed by atoms with E-state index in [2.05, 4.69) is 14.8 Å². The molecule has 0 spiro atoms. The lowest BCUT2D eigenvalue weighted by atomic mass is 10.1. The molecule has 23 heavy (non-hydrogen) atoms. The number of anilines is 1. The number of alkyl halides is 3. The zero-order chi connectivity index (χ0) is 16.0. The molecule has 0 unspecified atom stereocenters. The highest BCUT2D eigenvalue weighted by molar-refractivity contribution is 5.81. The molecule has 122 valence electrons. The van der Waals surface area contributed by atoms with E-state index in [1.54, 1.807) is 6.07 Å². The summed E-state index contributed by atoms with van der Waals surface area (Å²) in [6.07, 6.45) is -1.68. The van der Waals surface area contributed by atoms with Crippen LogP contribution in [0.4, 0.5) is 19.0 Å². The fourth-order valence-corrected chi connectivity index (χ4v) is 3.22. The van der Waals surface area contributed by atoms with Crippen molar-refractivity contribution < 1.29 is 13.2 Å². The van der Waals surface area contributed by atoms with E-state index in [0.717, 1.165) is 50.2 Å². The number of aromatic nitrogens is 1. The molecule has 1 aromatic heterocycles. The number of hydrogen-bond donors (Lipinski definition) is 0. The predicted octanol–water partition coefficient (Wildman–Crippen LogP) is 3.54. The van der Waals surface area contributed by atoms with Gasteiger partial charge in [0.2, 0.25) is 0 Å². The molecule has 0 bridgehead atoms. The van der Waals surface area contributed by atoms with E-state index < -0.39 is 11.7 Å². The maximum Gasteiger partial charge on any atom is 0.416 e. The lowest BCUT2D eigenvalue weighted by Crippen LogP contribution is -2.47. The third-order valence-corrected chi connectivity index (χ3v) is 4.70. The molecule has 2 heterocycles. The van der Waals surface area contributed by atoms with Crippen LogP contribution in [0.1, 0.15) is 18.4 Å². The number of benzene rings is 1. The number of piperazine rings is 1. The van der Waals surface area contributed by atoms with Crippen LogP contribution in [0.25, 0.3) is 10.9 Å². The Balaban J connectivity index is 1.54. The first-order valence-corrected chi connectivity index (χ1v) is 7.98. The summed E-state index contributed by atoms with van der Waals surface area (Å²) in [4.78, 5) is 9.29. The molecule has 0 amide bonds. The van der Waals surface area contributed by atoms with Crippen molar-refractivity contribution in [3.8, 4) is 0 Å². The van der Waals surface area contributed by atoms with Crippen molar-refractivity contribution in [3.05, 3.63) is 35.9 Å². The fraction of sp³-hybridized carbons (Fsp3) is 0.471. The van der Waals surface area contributed by atoms with Crippen molar-refractivity contribution in [2.24, 2.45) is 0 Å². The quantitative estimate of drug-likeness (QED) is 0.843. The summed E-state index contributed by atoms with van der Waals surface area (Å²) in [6, 6.07) is 8.07. The van der Waals surface area contributed by atoms with Gasteiger partial charge in [0, 0.05) is 37.6 Å². The molecular weight excluding hydrogens is 303 g/mol. The summed E-state index contributed by atoms with van der Waals surface area (Å²) in [5.74, 6) is 0.854. The third kappa shape index (κ3) is 3.00. The lowest BCUT2D eigenvalue weighted by molar-refractivity contribution is -0.137. The minimum absolute atomic E-state index is 0.528. The van der Waals surface area contributed by atoms with Crippen molar-refractivity contribution in [2.75, 3.05) is 31.1 Å². The summed E-state index contributed by atoms with van der Waals surface area (Å²) in [7, 11) is 0. The number of hydrogen-bond acceptors (Lipinski definition) is 3. The van der Waals surface area contributed by atoms with Gasteiger partial charge in [0.1, 0.15) is 5.82 Å². The number of rotatable bonds is 2. The summed E-state index contributed by atoms with van der Waals surface area (Å²) < 4.78 is 38.3. The van der Waals surface area contributed by atoms with Crippen LogP contribution < -0.4 is 4.90 Å². The first-order chi connectivity index (χ1) is 11.0. The Labute approximate surface area is 132 Å². The maximum absolute atomic E-state index is 12.8. The number of fused-ring (bicyclic) bond motifs is 1. The Bertz CT molecular complexity index is 717. The van der Waals surface area contributed by atoms with Gasteiger partial charge in [0.05, 0.1) is 11.1 Å². The zero-order valence-corrected chi connectivity index (χ0v) is 12.7. The summed E-state index contributed by atoms with van der Waals surface area (Å²) in [6.45, 7) is 3.93. The van der Waals surface area contributed by atoms with Gasteiger partial charge < -0.3 is 4.90 Å². The molecule has 2 aromatic rings. The van der Waals surface area contributed by atoms with Gasteiger partial charge >= 0.3 is 6.18 Å². The van der Waals surface area contributed by atoms with E-state index in [9.17, 15) is 13.2 Å². The molecule has 2 fully saturated rings. The SMILES string of the molecule is FC(F)(F)c1ccc2nc(N3CCN(C4CC4)CC3)ccc2c1. The van der Waals surface area contributed by atoms with Gasteiger partial charge in [0.25, 0.3) is 0 Å². The van der Waals surface area contributed by atoms with Crippen molar-refractivity contribution in [2.45, 2.75) is 25.1 Å². The second-order valence-electron chi connectivity index (χ2n) is 6.33.